The van der Waals surface area contributed by atoms with Gasteiger partial charge in [0.05, 0.1) is 12.6 Å². The first-order valence-corrected chi connectivity index (χ1v) is 4.47. The number of carbonyl (C=O) groups is 1. The fourth-order valence-corrected chi connectivity index (χ4v) is 1.23. The van der Waals surface area contributed by atoms with Gasteiger partial charge in [-0.25, -0.2) is 0 Å². The lowest BCUT2D eigenvalue weighted by Crippen LogP contribution is -2.23. The van der Waals surface area contributed by atoms with Gasteiger partial charge in [0.1, 0.15) is 6.29 Å². The van der Waals surface area contributed by atoms with Gasteiger partial charge in [0.15, 0.2) is 0 Å². The Kier molecular flexibility index (Phi) is 4.01. The van der Waals surface area contributed by atoms with E-state index in [9.17, 15) is 4.79 Å². The summed E-state index contributed by atoms with van der Waals surface area (Å²) in [6.45, 7) is 4.05. The van der Waals surface area contributed by atoms with Crippen LogP contribution < -0.4 is 5.73 Å². The maximum absolute atomic E-state index is 10.3. The molecule has 1 atom stereocenters. The molecule has 0 spiro atoms. The van der Waals surface area contributed by atoms with Crippen molar-refractivity contribution in [3.8, 4) is 0 Å². The molecule has 0 heterocycles. The van der Waals surface area contributed by atoms with Crippen molar-refractivity contribution >= 4 is 13.0 Å². The summed E-state index contributed by atoms with van der Waals surface area (Å²) >= 11 is 0. The lowest BCUT2D eigenvalue weighted by Gasteiger charge is -2.04. The van der Waals surface area contributed by atoms with Crippen LogP contribution in [0.4, 0.5) is 0 Å². The van der Waals surface area contributed by atoms with E-state index in [1.54, 1.807) is 0 Å². The Morgan fingerprint density at radius 3 is 2.43 bits per heavy atom. The van der Waals surface area contributed by atoms with Gasteiger partial charge < -0.3 is 10.5 Å². The van der Waals surface area contributed by atoms with Crippen LogP contribution >= 0.6 is 0 Å². The summed E-state index contributed by atoms with van der Waals surface area (Å²) in [5.74, 6) is 0. The summed E-state index contributed by atoms with van der Waals surface area (Å²) in [4.78, 5) is 14.1. The number of nitrogens with two attached hydrogens (primary N) is 1. The van der Waals surface area contributed by atoms with E-state index in [1.165, 1.54) is 0 Å². The van der Waals surface area contributed by atoms with E-state index in [1.807, 2.05) is 24.3 Å². The summed E-state index contributed by atoms with van der Waals surface area (Å²) in [7, 11) is 0. The normalized spacial score (nSPS) is 12.1. The largest absolute Gasteiger partial charge is 0.321 e. The number of carbonyl (C=O) groups excluding carboxylic acids is 1. The SMILES string of the molecule is C=NCc1ccc(CC(N)C=O)cc1. The molecule has 0 aromatic heterocycles. The van der Waals surface area contributed by atoms with E-state index in [0.717, 1.165) is 17.4 Å². The topological polar surface area (TPSA) is 55.4 Å². The lowest BCUT2D eigenvalue weighted by molar-refractivity contribution is -0.108. The van der Waals surface area contributed by atoms with Crippen molar-refractivity contribution in [2.45, 2.75) is 19.0 Å². The van der Waals surface area contributed by atoms with Gasteiger partial charge in [-0.1, -0.05) is 24.3 Å². The number of aldehydes is 1. The van der Waals surface area contributed by atoms with Gasteiger partial charge in [-0.15, -0.1) is 0 Å². The van der Waals surface area contributed by atoms with Crippen LogP contribution in [-0.4, -0.2) is 19.0 Å². The summed E-state index contributed by atoms with van der Waals surface area (Å²) in [5.41, 5.74) is 7.69. The molecule has 0 aliphatic carbocycles. The predicted octanol–water partition coefficient (Wildman–Crippen LogP) is 0.956. The first kappa shape index (κ1) is 10.6. The van der Waals surface area contributed by atoms with Crippen molar-refractivity contribution in [3.63, 3.8) is 0 Å². The maximum atomic E-state index is 10.3. The Hall–Kier alpha value is -1.48. The van der Waals surface area contributed by atoms with Gasteiger partial charge in [0.2, 0.25) is 0 Å². The Morgan fingerprint density at radius 1 is 1.36 bits per heavy atom. The van der Waals surface area contributed by atoms with Gasteiger partial charge in [0, 0.05) is 0 Å². The lowest BCUT2D eigenvalue weighted by atomic mass is 10.1. The first-order chi connectivity index (χ1) is 6.76. The molecule has 3 heteroatoms. The van der Waals surface area contributed by atoms with Gasteiger partial charge in [-0.3, -0.25) is 4.99 Å². The summed E-state index contributed by atoms with van der Waals surface area (Å²) in [5, 5.41) is 0. The van der Waals surface area contributed by atoms with Crippen LogP contribution in [0.1, 0.15) is 11.1 Å². The van der Waals surface area contributed by atoms with Crippen molar-refractivity contribution in [2.75, 3.05) is 0 Å². The van der Waals surface area contributed by atoms with Gasteiger partial charge in [-0.2, -0.15) is 0 Å². The van der Waals surface area contributed by atoms with E-state index < -0.39 is 6.04 Å². The van der Waals surface area contributed by atoms with Crippen molar-refractivity contribution in [3.05, 3.63) is 35.4 Å². The average molecular weight is 190 g/mol. The number of hydrogen-bond donors (Lipinski definition) is 1. The summed E-state index contributed by atoms with van der Waals surface area (Å²) in [6, 6.07) is 7.47. The summed E-state index contributed by atoms with van der Waals surface area (Å²) in [6.07, 6.45) is 1.35. The number of nitrogens with zero attached hydrogens (tertiary/aromatic N) is 1. The highest BCUT2D eigenvalue weighted by molar-refractivity contribution is 5.57. The molecule has 1 aromatic carbocycles. The number of hydrogen-bond acceptors (Lipinski definition) is 3. The van der Waals surface area contributed by atoms with E-state index in [2.05, 4.69) is 11.7 Å². The molecule has 0 saturated carbocycles. The average Bonchev–Trinajstić information content (AvgIpc) is 2.21. The molecule has 1 rings (SSSR count). The molecular weight excluding hydrogens is 176 g/mol. The monoisotopic (exact) mass is 190 g/mol. The van der Waals surface area contributed by atoms with E-state index in [0.29, 0.717) is 13.0 Å². The van der Waals surface area contributed by atoms with Crippen LogP contribution in [0.3, 0.4) is 0 Å². The zero-order valence-electron chi connectivity index (χ0n) is 8.02. The summed E-state index contributed by atoms with van der Waals surface area (Å²) < 4.78 is 0. The first-order valence-electron chi connectivity index (χ1n) is 4.47. The molecule has 0 bridgehead atoms. The minimum Gasteiger partial charge on any atom is -0.321 e. The fraction of sp³-hybridized carbons (Fsp3) is 0.273. The third-order valence-corrected chi connectivity index (χ3v) is 1.96. The molecule has 0 aliphatic heterocycles. The van der Waals surface area contributed by atoms with Crippen molar-refractivity contribution in [1.82, 2.24) is 0 Å². The Morgan fingerprint density at radius 2 is 1.93 bits per heavy atom. The van der Waals surface area contributed by atoms with Crippen LogP contribution in [0, 0.1) is 0 Å². The number of rotatable bonds is 5. The molecule has 1 unspecified atom stereocenters. The minimum atomic E-state index is -0.404. The molecule has 1 aromatic rings. The molecule has 0 radical (unpaired) electrons. The quantitative estimate of drug-likeness (QED) is 0.555. The third-order valence-electron chi connectivity index (χ3n) is 1.96. The Bertz CT molecular complexity index is 306. The Balaban J connectivity index is 2.63. The van der Waals surface area contributed by atoms with E-state index in [-0.39, 0.29) is 0 Å². The predicted molar refractivity (Wildman–Crippen MR) is 57.4 cm³/mol. The van der Waals surface area contributed by atoms with Gasteiger partial charge in [0.25, 0.3) is 0 Å². The number of benzene rings is 1. The molecule has 0 fully saturated rings. The van der Waals surface area contributed by atoms with Gasteiger partial charge in [-0.05, 0) is 24.3 Å². The smallest absolute Gasteiger partial charge is 0.137 e. The molecular formula is C11H14N2O. The molecule has 2 N–H and O–H groups in total. The standard InChI is InChI=1S/C11H14N2O/c1-13-7-10-4-2-9(3-5-10)6-11(12)8-14/h2-5,8,11H,1,6-7,12H2. The van der Waals surface area contributed by atoms with E-state index in [4.69, 9.17) is 5.73 Å². The highest BCUT2D eigenvalue weighted by Gasteiger charge is 2.01. The van der Waals surface area contributed by atoms with Gasteiger partial charge >= 0.3 is 0 Å². The highest BCUT2D eigenvalue weighted by atomic mass is 16.1. The Labute approximate surface area is 83.7 Å². The van der Waals surface area contributed by atoms with Crippen molar-refractivity contribution in [1.29, 1.82) is 0 Å². The second kappa shape index (κ2) is 5.29. The van der Waals surface area contributed by atoms with Crippen LogP contribution in [0.15, 0.2) is 29.3 Å². The van der Waals surface area contributed by atoms with Crippen molar-refractivity contribution < 1.29 is 4.79 Å². The fourth-order valence-electron chi connectivity index (χ4n) is 1.23. The minimum absolute atomic E-state index is 0.404. The maximum Gasteiger partial charge on any atom is 0.137 e. The van der Waals surface area contributed by atoms with Crippen LogP contribution in [0.2, 0.25) is 0 Å². The molecule has 3 nitrogen and oxygen atoms in total. The highest BCUT2D eigenvalue weighted by Crippen LogP contribution is 2.06. The van der Waals surface area contributed by atoms with Crippen LogP contribution in [-0.2, 0) is 17.8 Å². The molecule has 74 valence electrons. The van der Waals surface area contributed by atoms with Crippen molar-refractivity contribution in [2.24, 2.45) is 10.7 Å². The molecule has 14 heavy (non-hydrogen) atoms. The molecule has 0 amide bonds. The number of aliphatic imine (C=N–C) groups is 1. The second-order valence-corrected chi connectivity index (χ2v) is 3.20. The zero-order valence-corrected chi connectivity index (χ0v) is 8.02. The molecule has 0 aliphatic rings. The van der Waals surface area contributed by atoms with E-state index >= 15 is 0 Å². The van der Waals surface area contributed by atoms with Crippen LogP contribution in [0.5, 0.6) is 0 Å². The van der Waals surface area contributed by atoms with Crippen LogP contribution in [0.25, 0.3) is 0 Å². The third kappa shape index (κ3) is 3.11. The molecule has 0 saturated heterocycles. The second-order valence-electron chi connectivity index (χ2n) is 3.20. The zero-order chi connectivity index (χ0) is 10.4.